The normalized spacial score (nSPS) is 10.3. The maximum absolute atomic E-state index is 11.9. The molecular formula is C13H14N4O4. The zero-order chi connectivity index (χ0) is 15.4. The van der Waals surface area contributed by atoms with Crippen molar-refractivity contribution in [1.29, 1.82) is 0 Å². The van der Waals surface area contributed by atoms with Crippen molar-refractivity contribution in [2.24, 2.45) is 7.05 Å². The highest BCUT2D eigenvalue weighted by Crippen LogP contribution is 2.26. The Labute approximate surface area is 120 Å². The van der Waals surface area contributed by atoms with Gasteiger partial charge in [0.15, 0.2) is 5.75 Å². The van der Waals surface area contributed by atoms with Gasteiger partial charge in [0.1, 0.15) is 0 Å². The molecule has 0 saturated heterocycles. The molecule has 1 heterocycles. The van der Waals surface area contributed by atoms with Gasteiger partial charge in [-0.25, -0.2) is 0 Å². The van der Waals surface area contributed by atoms with Crippen LogP contribution in [0.1, 0.15) is 16.1 Å². The number of nitro groups is 1. The summed E-state index contributed by atoms with van der Waals surface area (Å²) >= 11 is 0. The molecule has 0 saturated carbocycles. The molecule has 1 aromatic carbocycles. The van der Waals surface area contributed by atoms with E-state index in [0.717, 1.165) is 17.8 Å². The molecule has 0 unspecified atom stereocenters. The molecule has 0 radical (unpaired) electrons. The number of rotatable bonds is 5. The first kappa shape index (κ1) is 14.5. The first-order valence-electron chi connectivity index (χ1n) is 6.21. The Morgan fingerprint density at radius 1 is 1.48 bits per heavy atom. The minimum Gasteiger partial charge on any atom is -0.502 e. The number of aromatic hydroxyl groups is 1. The van der Waals surface area contributed by atoms with E-state index in [1.165, 1.54) is 6.07 Å². The van der Waals surface area contributed by atoms with Crippen LogP contribution in [0.4, 0.5) is 5.69 Å². The average molecular weight is 290 g/mol. The molecule has 0 aliphatic rings. The third-order valence-corrected chi connectivity index (χ3v) is 3.02. The van der Waals surface area contributed by atoms with Gasteiger partial charge in [0.2, 0.25) is 0 Å². The maximum Gasteiger partial charge on any atom is 0.310 e. The molecule has 110 valence electrons. The van der Waals surface area contributed by atoms with Crippen LogP contribution in [0.5, 0.6) is 5.75 Å². The highest BCUT2D eigenvalue weighted by Gasteiger charge is 2.15. The van der Waals surface area contributed by atoms with Crippen LogP contribution >= 0.6 is 0 Å². The largest absolute Gasteiger partial charge is 0.502 e. The summed E-state index contributed by atoms with van der Waals surface area (Å²) in [7, 11) is 1.81. The van der Waals surface area contributed by atoms with Gasteiger partial charge in [-0.15, -0.1) is 0 Å². The molecule has 0 fully saturated rings. The van der Waals surface area contributed by atoms with Crippen LogP contribution in [0.15, 0.2) is 30.5 Å². The summed E-state index contributed by atoms with van der Waals surface area (Å²) in [6.07, 6.45) is 2.28. The Morgan fingerprint density at radius 3 is 2.81 bits per heavy atom. The van der Waals surface area contributed by atoms with Gasteiger partial charge in [-0.05, 0) is 18.2 Å². The van der Waals surface area contributed by atoms with E-state index in [-0.39, 0.29) is 5.56 Å². The van der Waals surface area contributed by atoms with Gasteiger partial charge in [-0.1, -0.05) is 0 Å². The lowest BCUT2D eigenvalue weighted by molar-refractivity contribution is -0.385. The number of aryl methyl sites for hydroxylation is 1. The fourth-order valence-corrected chi connectivity index (χ4v) is 1.87. The number of phenolic OH excluding ortho intramolecular Hbond substituents is 1. The van der Waals surface area contributed by atoms with E-state index in [1.54, 1.807) is 10.9 Å². The number of nitrogens with zero attached hydrogens (tertiary/aromatic N) is 3. The highest BCUT2D eigenvalue weighted by molar-refractivity contribution is 5.95. The molecule has 1 aromatic heterocycles. The molecule has 1 amide bonds. The minimum atomic E-state index is -0.709. The van der Waals surface area contributed by atoms with Gasteiger partial charge >= 0.3 is 5.69 Å². The zero-order valence-electron chi connectivity index (χ0n) is 11.3. The molecule has 8 nitrogen and oxygen atoms in total. The van der Waals surface area contributed by atoms with Gasteiger partial charge in [0.05, 0.1) is 4.92 Å². The maximum atomic E-state index is 11.9. The first-order chi connectivity index (χ1) is 9.99. The average Bonchev–Trinajstić information content (AvgIpc) is 2.83. The van der Waals surface area contributed by atoms with Crippen molar-refractivity contribution in [3.05, 3.63) is 51.8 Å². The summed E-state index contributed by atoms with van der Waals surface area (Å²) in [5.41, 5.74) is 0.714. The summed E-state index contributed by atoms with van der Waals surface area (Å²) in [5.74, 6) is -0.929. The summed E-state index contributed by atoms with van der Waals surface area (Å²) in [5, 5.41) is 26.8. The quantitative estimate of drug-likeness (QED) is 0.630. The SMILES string of the molecule is Cn1nccc1CCNC(=O)c1ccc([N+](=O)[O-])c(O)c1. The van der Waals surface area contributed by atoms with E-state index in [0.29, 0.717) is 13.0 Å². The second-order valence-corrected chi connectivity index (χ2v) is 4.41. The standard InChI is InChI=1S/C13H14N4O4/c1-16-10(5-7-15-16)4-6-14-13(19)9-2-3-11(17(20)21)12(18)8-9/h2-3,5,7-8,18H,4,6H2,1H3,(H,14,19). The molecule has 0 atom stereocenters. The van der Waals surface area contributed by atoms with E-state index in [4.69, 9.17) is 0 Å². The number of carbonyl (C=O) groups excluding carboxylic acids is 1. The Kier molecular flexibility index (Phi) is 4.17. The minimum absolute atomic E-state index is 0.170. The number of amides is 1. The van der Waals surface area contributed by atoms with Crippen LogP contribution in [-0.2, 0) is 13.5 Å². The molecule has 8 heteroatoms. The number of hydrogen-bond donors (Lipinski definition) is 2. The lowest BCUT2D eigenvalue weighted by atomic mass is 10.1. The molecule has 21 heavy (non-hydrogen) atoms. The predicted octanol–water partition coefficient (Wildman–Crippen LogP) is 1.01. The fraction of sp³-hybridized carbons (Fsp3) is 0.231. The Morgan fingerprint density at radius 2 is 2.24 bits per heavy atom. The van der Waals surface area contributed by atoms with Crippen LogP contribution in [0.3, 0.4) is 0 Å². The summed E-state index contributed by atoms with van der Waals surface area (Å²) < 4.78 is 1.71. The van der Waals surface area contributed by atoms with Gasteiger partial charge in [0.25, 0.3) is 5.91 Å². The second-order valence-electron chi connectivity index (χ2n) is 4.41. The Balaban J connectivity index is 1.96. The van der Waals surface area contributed by atoms with E-state index < -0.39 is 22.3 Å². The van der Waals surface area contributed by atoms with Gasteiger partial charge < -0.3 is 10.4 Å². The lowest BCUT2D eigenvalue weighted by Crippen LogP contribution is -2.26. The molecule has 2 N–H and O–H groups in total. The predicted molar refractivity (Wildman–Crippen MR) is 74.0 cm³/mol. The molecule has 0 spiro atoms. The van der Waals surface area contributed by atoms with Crippen molar-refractivity contribution >= 4 is 11.6 Å². The second kappa shape index (κ2) is 6.04. The van der Waals surface area contributed by atoms with Crippen molar-refractivity contribution in [2.75, 3.05) is 6.54 Å². The van der Waals surface area contributed by atoms with Crippen molar-refractivity contribution in [2.45, 2.75) is 6.42 Å². The van der Waals surface area contributed by atoms with Crippen molar-refractivity contribution in [3.8, 4) is 5.75 Å². The summed E-state index contributed by atoms with van der Waals surface area (Å²) in [6.45, 7) is 0.399. The Hall–Kier alpha value is -2.90. The van der Waals surface area contributed by atoms with Crippen molar-refractivity contribution in [3.63, 3.8) is 0 Å². The van der Waals surface area contributed by atoms with Crippen LogP contribution in [-0.4, -0.2) is 32.3 Å². The third kappa shape index (κ3) is 3.35. The van der Waals surface area contributed by atoms with Crippen LogP contribution in [0.25, 0.3) is 0 Å². The number of phenols is 1. The number of aromatic nitrogens is 2. The van der Waals surface area contributed by atoms with E-state index in [9.17, 15) is 20.0 Å². The lowest BCUT2D eigenvalue weighted by Gasteiger charge is -2.06. The molecule has 0 bridgehead atoms. The molecule has 2 rings (SSSR count). The molecule has 0 aliphatic heterocycles. The summed E-state index contributed by atoms with van der Waals surface area (Å²) in [4.78, 5) is 21.7. The van der Waals surface area contributed by atoms with E-state index in [2.05, 4.69) is 10.4 Å². The fourth-order valence-electron chi connectivity index (χ4n) is 1.87. The van der Waals surface area contributed by atoms with Crippen molar-refractivity contribution < 1.29 is 14.8 Å². The van der Waals surface area contributed by atoms with Gasteiger partial charge in [-0.3, -0.25) is 19.6 Å². The number of nitrogens with one attached hydrogen (secondary N) is 1. The van der Waals surface area contributed by atoms with Crippen LogP contribution in [0.2, 0.25) is 0 Å². The number of carbonyl (C=O) groups is 1. The van der Waals surface area contributed by atoms with E-state index >= 15 is 0 Å². The highest BCUT2D eigenvalue weighted by atomic mass is 16.6. The molecule has 0 aliphatic carbocycles. The molecule has 2 aromatic rings. The number of nitro benzene ring substituents is 1. The van der Waals surface area contributed by atoms with Gasteiger partial charge in [-0.2, -0.15) is 5.10 Å². The van der Waals surface area contributed by atoms with Crippen molar-refractivity contribution in [1.82, 2.24) is 15.1 Å². The summed E-state index contributed by atoms with van der Waals surface area (Å²) in [6, 6.07) is 5.34. The monoisotopic (exact) mass is 290 g/mol. The zero-order valence-corrected chi connectivity index (χ0v) is 11.3. The topological polar surface area (TPSA) is 110 Å². The third-order valence-electron chi connectivity index (χ3n) is 3.02. The number of hydrogen-bond acceptors (Lipinski definition) is 5. The smallest absolute Gasteiger partial charge is 0.310 e. The van der Waals surface area contributed by atoms with E-state index in [1.807, 2.05) is 13.1 Å². The Bertz CT molecular complexity index is 681. The number of benzene rings is 1. The van der Waals surface area contributed by atoms with Crippen LogP contribution in [0, 0.1) is 10.1 Å². The molecular weight excluding hydrogens is 276 g/mol. The van der Waals surface area contributed by atoms with Gasteiger partial charge in [0, 0.05) is 43.5 Å². The van der Waals surface area contributed by atoms with Crippen LogP contribution < -0.4 is 5.32 Å². The first-order valence-corrected chi connectivity index (χ1v) is 6.21.